The van der Waals surface area contributed by atoms with Crippen molar-refractivity contribution < 1.29 is 27.5 Å². The molecule has 4 N–H and O–H groups in total. The molecule has 1 unspecified atom stereocenters. The number of benzene rings is 1. The molecule has 0 saturated heterocycles. The molecule has 5 nitrogen and oxygen atoms in total. The summed E-state index contributed by atoms with van der Waals surface area (Å²) in [4.78, 5) is 22.9. The zero-order valence-electron chi connectivity index (χ0n) is 11.5. The Morgan fingerprint density at radius 2 is 1.91 bits per heavy atom. The summed E-state index contributed by atoms with van der Waals surface area (Å²) >= 11 is 3.02. The Kier molecular flexibility index (Phi) is 5.81. The van der Waals surface area contributed by atoms with Gasteiger partial charge in [0.2, 0.25) is 11.8 Å². The first kappa shape index (κ1) is 18.3. The van der Waals surface area contributed by atoms with Gasteiger partial charge in [-0.2, -0.15) is 0 Å². The molecule has 122 valence electrons. The van der Waals surface area contributed by atoms with Gasteiger partial charge in [0.25, 0.3) is 0 Å². The maximum absolute atomic E-state index is 12.5. The number of rotatable bonds is 6. The van der Waals surface area contributed by atoms with Crippen molar-refractivity contribution in [2.24, 2.45) is 11.5 Å². The van der Waals surface area contributed by atoms with Crippen LogP contribution in [0.15, 0.2) is 16.6 Å². The molecule has 0 aromatic heterocycles. The number of alkyl halides is 3. The van der Waals surface area contributed by atoms with Gasteiger partial charge in [-0.25, -0.2) is 0 Å². The molecule has 0 aliphatic heterocycles. The summed E-state index contributed by atoms with van der Waals surface area (Å²) in [6.45, 7) is 1.74. The average Bonchev–Trinajstić information content (AvgIpc) is 2.34. The number of ether oxygens (including phenoxy) is 1. The number of primary amides is 2. The Labute approximate surface area is 132 Å². The standard InChI is InChI=1S/C13H14BrF3N2O3/c1-2-3-6(11(18)20)9-8(22-13(15,16)17)5-4-7(10(9)14)12(19)21/h4-6H,2-3H2,1H3,(H2,18,20)(H2,19,21). The highest BCUT2D eigenvalue weighted by atomic mass is 79.9. The van der Waals surface area contributed by atoms with Crippen LogP contribution in [0.3, 0.4) is 0 Å². The molecule has 0 aliphatic carbocycles. The maximum Gasteiger partial charge on any atom is 0.573 e. The first-order valence-electron chi connectivity index (χ1n) is 6.25. The lowest BCUT2D eigenvalue weighted by Crippen LogP contribution is -2.25. The highest BCUT2D eigenvalue weighted by Gasteiger charge is 2.35. The summed E-state index contributed by atoms with van der Waals surface area (Å²) in [5.74, 6) is -3.32. The molecule has 1 atom stereocenters. The highest BCUT2D eigenvalue weighted by Crippen LogP contribution is 2.40. The van der Waals surface area contributed by atoms with E-state index in [1.54, 1.807) is 6.92 Å². The van der Waals surface area contributed by atoms with Crippen LogP contribution in [0.5, 0.6) is 5.75 Å². The summed E-state index contributed by atoms with van der Waals surface area (Å²) in [6, 6.07) is 2.03. The average molecular weight is 383 g/mol. The molecule has 22 heavy (non-hydrogen) atoms. The Bertz CT molecular complexity index is 591. The van der Waals surface area contributed by atoms with Gasteiger partial charge in [-0.05, 0) is 34.5 Å². The van der Waals surface area contributed by atoms with E-state index in [0.29, 0.717) is 6.42 Å². The fourth-order valence-corrected chi connectivity index (χ4v) is 2.82. The Morgan fingerprint density at radius 1 is 1.32 bits per heavy atom. The minimum absolute atomic E-state index is 0.0287. The number of hydrogen-bond acceptors (Lipinski definition) is 3. The predicted octanol–water partition coefficient (Wildman–Crippen LogP) is 2.82. The second-order valence-corrected chi connectivity index (χ2v) is 5.29. The van der Waals surface area contributed by atoms with E-state index >= 15 is 0 Å². The molecule has 0 aliphatic rings. The van der Waals surface area contributed by atoms with E-state index in [-0.39, 0.29) is 22.0 Å². The summed E-state index contributed by atoms with van der Waals surface area (Å²) in [6.07, 6.45) is -4.26. The van der Waals surface area contributed by atoms with Crippen molar-refractivity contribution in [2.75, 3.05) is 0 Å². The molecular weight excluding hydrogens is 369 g/mol. The number of nitrogens with two attached hydrogens (primary N) is 2. The smallest absolute Gasteiger partial charge is 0.405 e. The second-order valence-electron chi connectivity index (χ2n) is 4.49. The van der Waals surface area contributed by atoms with E-state index in [9.17, 15) is 22.8 Å². The lowest BCUT2D eigenvalue weighted by Gasteiger charge is -2.21. The third kappa shape index (κ3) is 4.36. The molecule has 0 spiro atoms. The summed E-state index contributed by atoms with van der Waals surface area (Å²) < 4.78 is 41.5. The first-order valence-corrected chi connectivity index (χ1v) is 7.05. The van der Waals surface area contributed by atoms with Crippen LogP contribution in [0.1, 0.15) is 41.6 Å². The van der Waals surface area contributed by atoms with Gasteiger partial charge in [0.05, 0.1) is 11.5 Å². The van der Waals surface area contributed by atoms with E-state index in [0.717, 1.165) is 12.1 Å². The number of halogens is 4. The van der Waals surface area contributed by atoms with Crippen molar-refractivity contribution in [1.82, 2.24) is 0 Å². The SMILES string of the molecule is CCCC(C(N)=O)c1c(OC(F)(F)F)ccc(C(N)=O)c1Br. The van der Waals surface area contributed by atoms with Crippen molar-refractivity contribution in [3.8, 4) is 5.75 Å². The van der Waals surface area contributed by atoms with Crippen molar-refractivity contribution >= 4 is 27.7 Å². The lowest BCUT2D eigenvalue weighted by molar-refractivity contribution is -0.275. The van der Waals surface area contributed by atoms with Crippen LogP contribution in [0.25, 0.3) is 0 Å². The van der Waals surface area contributed by atoms with E-state index in [2.05, 4.69) is 20.7 Å². The lowest BCUT2D eigenvalue weighted by atomic mass is 9.91. The number of carbonyl (C=O) groups is 2. The normalized spacial score (nSPS) is 12.8. The number of amides is 2. The van der Waals surface area contributed by atoms with Crippen LogP contribution in [0, 0.1) is 0 Å². The van der Waals surface area contributed by atoms with Crippen molar-refractivity contribution in [3.63, 3.8) is 0 Å². The van der Waals surface area contributed by atoms with E-state index in [4.69, 9.17) is 11.5 Å². The number of carbonyl (C=O) groups excluding carboxylic acids is 2. The molecule has 9 heteroatoms. The van der Waals surface area contributed by atoms with Gasteiger partial charge < -0.3 is 16.2 Å². The van der Waals surface area contributed by atoms with E-state index in [1.807, 2.05) is 0 Å². The van der Waals surface area contributed by atoms with Gasteiger partial charge in [0.1, 0.15) is 5.75 Å². The molecule has 0 saturated carbocycles. The molecule has 0 radical (unpaired) electrons. The van der Waals surface area contributed by atoms with Crippen LogP contribution in [0.4, 0.5) is 13.2 Å². The fourth-order valence-electron chi connectivity index (χ4n) is 2.02. The van der Waals surface area contributed by atoms with Crippen LogP contribution in [-0.4, -0.2) is 18.2 Å². The zero-order valence-corrected chi connectivity index (χ0v) is 13.1. The summed E-state index contributed by atoms with van der Waals surface area (Å²) in [5, 5.41) is 0. The topological polar surface area (TPSA) is 95.4 Å². The van der Waals surface area contributed by atoms with Crippen molar-refractivity contribution in [2.45, 2.75) is 32.0 Å². The molecule has 0 fully saturated rings. The fraction of sp³-hybridized carbons (Fsp3) is 0.385. The van der Waals surface area contributed by atoms with Crippen LogP contribution in [-0.2, 0) is 4.79 Å². The molecule has 2 amide bonds. The number of hydrogen-bond donors (Lipinski definition) is 2. The Morgan fingerprint density at radius 3 is 2.32 bits per heavy atom. The second kappa shape index (κ2) is 6.99. The Balaban J connectivity index is 3.54. The monoisotopic (exact) mass is 382 g/mol. The maximum atomic E-state index is 12.5. The van der Waals surface area contributed by atoms with Gasteiger partial charge in [-0.1, -0.05) is 13.3 Å². The molecule has 1 aromatic rings. The van der Waals surface area contributed by atoms with E-state index in [1.165, 1.54) is 0 Å². The van der Waals surface area contributed by atoms with Crippen molar-refractivity contribution in [1.29, 1.82) is 0 Å². The van der Waals surface area contributed by atoms with Gasteiger partial charge in [-0.15, -0.1) is 13.2 Å². The Hall–Kier alpha value is -1.77. The third-order valence-corrected chi connectivity index (χ3v) is 3.75. The highest BCUT2D eigenvalue weighted by molar-refractivity contribution is 9.10. The van der Waals surface area contributed by atoms with Gasteiger partial charge in [0.15, 0.2) is 0 Å². The summed E-state index contributed by atoms with van der Waals surface area (Å²) in [5.41, 5.74) is 10.2. The van der Waals surface area contributed by atoms with Gasteiger partial charge in [-0.3, -0.25) is 9.59 Å². The molecule has 0 bridgehead atoms. The largest absolute Gasteiger partial charge is 0.573 e. The molecule has 1 aromatic carbocycles. The first-order chi connectivity index (χ1) is 10.1. The predicted molar refractivity (Wildman–Crippen MR) is 76.2 cm³/mol. The van der Waals surface area contributed by atoms with Crippen molar-refractivity contribution in [3.05, 3.63) is 27.7 Å². The zero-order chi connectivity index (χ0) is 17.1. The van der Waals surface area contributed by atoms with Gasteiger partial charge >= 0.3 is 6.36 Å². The van der Waals surface area contributed by atoms with Crippen LogP contribution in [0.2, 0.25) is 0 Å². The molecular formula is C13H14BrF3N2O3. The molecule has 1 rings (SSSR count). The minimum Gasteiger partial charge on any atom is -0.405 e. The minimum atomic E-state index is -4.95. The van der Waals surface area contributed by atoms with Crippen LogP contribution >= 0.6 is 15.9 Å². The third-order valence-electron chi connectivity index (χ3n) is 2.90. The quantitative estimate of drug-likeness (QED) is 0.791. The van der Waals surface area contributed by atoms with E-state index < -0.39 is 29.8 Å². The summed E-state index contributed by atoms with van der Waals surface area (Å²) in [7, 11) is 0. The molecule has 0 heterocycles. The van der Waals surface area contributed by atoms with Crippen LogP contribution < -0.4 is 16.2 Å². The van der Waals surface area contributed by atoms with Gasteiger partial charge in [0, 0.05) is 10.0 Å².